The number of amides is 3. The summed E-state index contributed by atoms with van der Waals surface area (Å²) in [7, 11) is 0. The predicted octanol–water partition coefficient (Wildman–Crippen LogP) is 4.98. The lowest BCUT2D eigenvalue weighted by molar-refractivity contribution is -0.122. The molecule has 0 spiro atoms. The molecule has 0 aliphatic heterocycles. The van der Waals surface area contributed by atoms with Crippen LogP contribution < -0.4 is 16.4 Å². The minimum absolute atomic E-state index is 0.0269. The van der Waals surface area contributed by atoms with Gasteiger partial charge in [-0.2, -0.15) is 0 Å². The number of hydrogen-bond acceptors (Lipinski definition) is 2. The summed E-state index contributed by atoms with van der Waals surface area (Å²) >= 11 is 6.23. The van der Waals surface area contributed by atoms with Crippen LogP contribution in [0.15, 0.2) is 78.9 Å². The van der Waals surface area contributed by atoms with E-state index in [0.29, 0.717) is 10.6 Å². The maximum Gasteiger partial charge on any atom is 0.312 e. The molecule has 154 valence electrons. The second-order valence-corrected chi connectivity index (χ2v) is 7.47. The average Bonchev–Trinajstić information content (AvgIpc) is 2.74. The highest BCUT2D eigenvalue weighted by atomic mass is 35.5. The Balaban J connectivity index is 1.66. The van der Waals surface area contributed by atoms with Gasteiger partial charge in [-0.3, -0.25) is 4.79 Å². The molecular formula is C24H24ClN3O2. The maximum atomic E-state index is 12.6. The fraction of sp³-hybridized carbons (Fsp3) is 0.167. The molecule has 0 unspecified atom stereocenters. The zero-order chi connectivity index (χ0) is 21.5. The van der Waals surface area contributed by atoms with Crippen LogP contribution in [0, 0.1) is 0 Å². The maximum absolute atomic E-state index is 12.6. The SMILES string of the molecule is C[C@@H](NC(=O)C[C@@H](NC(N)=O)c1ccccc1Cl)c1ccc(-c2ccccc2)cc1. The fourth-order valence-corrected chi connectivity index (χ4v) is 3.60. The second kappa shape index (κ2) is 9.94. The predicted molar refractivity (Wildman–Crippen MR) is 120 cm³/mol. The summed E-state index contributed by atoms with van der Waals surface area (Å²) in [6, 6.07) is 23.7. The molecule has 3 aromatic rings. The molecule has 2 atom stereocenters. The van der Waals surface area contributed by atoms with Crippen molar-refractivity contribution in [2.45, 2.75) is 25.4 Å². The van der Waals surface area contributed by atoms with Crippen LogP contribution in [0.4, 0.5) is 4.79 Å². The summed E-state index contributed by atoms with van der Waals surface area (Å²) in [6.07, 6.45) is 0.0269. The smallest absolute Gasteiger partial charge is 0.312 e. The highest BCUT2D eigenvalue weighted by Gasteiger charge is 2.21. The number of halogens is 1. The molecule has 3 rings (SSSR count). The molecule has 0 heterocycles. The molecule has 30 heavy (non-hydrogen) atoms. The van der Waals surface area contributed by atoms with Gasteiger partial charge >= 0.3 is 6.03 Å². The molecule has 0 saturated heterocycles. The number of primary amides is 1. The van der Waals surface area contributed by atoms with E-state index in [4.69, 9.17) is 17.3 Å². The van der Waals surface area contributed by atoms with Crippen molar-refractivity contribution in [3.63, 3.8) is 0 Å². The van der Waals surface area contributed by atoms with Gasteiger partial charge in [0.1, 0.15) is 0 Å². The van der Waals surface area contributed by atoms with Gasteiger partial charge in [0.05, 0.1) is 18.5 Å². The molecular weight excluding hydrogens is 398 g/mol. The summed E-state index contributed by atoms with van der Waals surface area (Å²) in [5, 5.41) is 6.04. The molecule has 0 saturated carbocycles. The Morgan fingerprint density at radius 1 is 0.867 bits per heavy atom. The normalized spacial score (nSPS) is 12.6. The summed E-state index contributed by atoms with van der Waals surface area (Å²) in [5.74, 6) is -0.215. The average molecular weight is 422 g/mol. The summed E-state index contributed by atoms with van der Waals surface area (Å²) in [6.45, 7) is 1.92. The standard InChI is InChI=1S/C24H24ClN3O2/c1-16(17-11-13-19(14-12-17)18-7-3-2-4-8-18)27-23(29)15-22(28-24(26)30)20-9-5-6-10-21(20)25/h2-14,16,22H,15H2,1H3,(H,27,29)(H3,26,28,30)/t16-,22-/m1/s1. The van der Waals surface area contributed by atoms with E-state index in [2.05, 4.69) is 22.8 Å². The lowest BCUT2D eigenvalue weighted by Crippen LogP contribution is -2.37. The van der Waals surface area contributed by atoms with Gasteiger partial charge in [0.2, 0.25) is 5.91 Å². The van der Waals surface area contributed by atoms with Crippen LogP contribution in [-0.2, 0) is 4.79 Å². The van der Waals surface area contributed by atoms with Crippen LogP contribution in [-0.4, -0.2) is 11.9 Å². The molecule has 0 aromatic heterocycles. The monoisotopic (exact) mass is 421 g/mol. The first-order chi connectivity index (χ1) is 14.4. The number of urea groups is 1. The number of nitrogens with one attached hydrogen (secondary N) is 2. The third kappa shape index (κ3) is 5.61. The number of benzene rings is 3. The number of hydrogen-bond donors (Lipinski definition) is 3. The summed E-state index contributed by atoms with van der Waals surface area (Å²) in [5.41, 5.74) is 9.17. The van der Waals surface area contributed by atoms with Gasteiger partial charge in [-0.05, 0) is 35.2 Å². The molecule has 5 nitrogen and oxygen atoms in total. The van der Waals surface area contributed by atoms with Crippen molar-refractivity contribution >= 4 is 23.5 Å². The molecule has 3 amide bonds. The van der Waals surface area contributed by atoms with Crippen molar-refractivity contribution in [3.05, 3.63) is 95.0 Å². The first-order valence-electron chi connectivity index (χ1n) is 9.69. The third-order valence-corrected chi connectivity index (χ3v) is 5.23. The Kier molecular flexibility index (Phi) is 7.09. The first kappa shape index (κ1) is 21.4. The highest BCUT2D eigenvalue weighted by Crippen LogP contribution is 2.26. The Morgan fingerprint density at radius 3 is 2.10 bits per heavy atom. The van der Waals surface area contributed by atoms with Crippen molar-refractivity contribution in [2.75, 3.05) is 0 Å². The van der Waals surface area contributed by atoms with Gasteiger partial charge in [-0.1, -0.05) is 84.4 Å². The first-order valence-corrected chi connectivity index (χ1v) is 10.1. The summed E-state index contributed by atoms with van der Waals surface area (Å²) in [4.78, 5) is 24.1. The zero-order valence-corrected chi connectivity index (χ0v) is 17.4. The van der Waals surface area contributed by atoms with E-state index in [9.17, 15) is 9.59 Å². The van der Waals surface area contributed by atoms with Gasteiger partial charge in [0.25, 0.3) is 0 Å². The van der Waals surface area contributed by atoms with Gasteiger partial charge in [-0.15, -0.1) is 0 Å². The van der Waals surface area contributed by atoms with E-state index < -0.39 is 12.1 Å². The van der Waals surface area contributed by atoms with Crippen molar-refractivity contribution < 1.29 is 9.59 Å². The number of carbonyl (C=O) groups is 2. The number of rotatable bonds is 7. The molecule has 0 fully saturated rings. The molecule has 0 aliphatic carbocycles. The van der Waals surface area contributed by atoms with Crippen LogP contribution >= 0.6 is 11.6 Å². The Labute approximate surface area is 181 Å². The van der Waals surface area contributed by atoms with Gasteiger partial charge < -0.3 is 16.4 Å². The van der Waals surface area contributed by atoms with Crippen LogP contribution in [0.2, 0.25) is 5.02 Å². The van der Waals surface area contributed by atoms with Crippen molar-refractivity contribution in [2.24, 2.45) is 5.73 Å². The number of carbonyl (C=O) groups excluding carboxylic acids is 2. The summed E-state index contributed by atoms with van der Waals surface area (Å²) < 4.78 is 0. The molecule has 6 heteroatoms. The Bertz CT molecular complexity index is 1010. The van der Waals surface area contributed by atoms with E-state index in [1.807, 2.05) is 49.4 Å². The van der Waals surface area contributed by atoms with Crippen LogP contribution in [0.3, 0.4) is 0 Å². The Morgan fingerprint density at radius 2 is 1.47 bits per heavy atom. The molecule has 0 aliphatic rings. The van der Waals surface area contributed by atoms with Crippen LogP contribution in [0.25, 0.3) is 11.1 Å². The zero-order valence-electron chi connectivity index (χ0n) is 16.6. The molecule has 3 aromatic carbocycles. The second-order valence-electron chi connectivity index (χ2n) is 7.06. The largest absolute Gasteiger partial charge is 0.352 e. The Hall–Kier alpha value is -3.31. The van der Waals surface area contributed by atoms with Crippen LogP contribution in [0.1, 0.15) is 36.6 Å². The topological polar surface area (TPSA) is 84.2 Å². The van der Waals surface area contributed by atoms with Gasteiger partial charge in [0.15, 0.2) is 0 Å². The lowest BCUT2D eigenvalue weighted by Gasteiger charge is -2.21. The number of nitrogens with two attached hydrogens (primary N) is 1. The van der Waals surface area contributed by atoms with Gasteiger partial charge in [-0.25, -0.2) is 4.79 Å². The van der Waals surface area contributed by atoms with E-state index in [1.54, 1.807) is 24.3 Å². The quantitative estimate of drug-likeness (QED) is 0.502. The minimum atomic E-state index is -0.711. The van der Waals surface area contributed by atoms with Crippen molar-refractivity contribution in [3.8, 4) is 11.1 Å². The van der Waals surface area contributed by atoms with Crippen LogP contribution in [0.5, 0.6) is 0 Å². The molecule has 0 radical (unpaired) electrons. The van der Waals surface area contributed by atoms with E-state index >= 15 is 0 Å². The van der Waals surface area contributed by atoms with Gasteiger partial charge in [0, 0.05) is 5.02 Å². The van der Waals surface area contributed by atoms with E-state index in [-0.39, 0.29) is 18.4 Å². The van der Waals surface area contributed by atoms with E-state index in [1.165, 1.54) is 0 Å². The fourth-order valence-electron chi connectivity index (χ4n) is 3.33. The third-order valence-electron chi connectivity index (χ3n) is 4.88. The van der Waals surface area contributed by atoms with Crippen molar-refractivity contribution in [1.82, 2.24) is 10.6 Å². The van der Waals surface area contributed by atoms with E-state index in [0.717, 1.165) is 16.7 Å². The molecule has 0 bridgehead atoms. The lowest BCUT2D eigenvalue weighted by atomic mass is 10.0. The van der Waals surface area contributed by atoms with Crippen molar-refractivity contribution in [1.29, 1.82) is 0 Å². The highest BCUT2D eigenvalue weighted by molar-refractivity contribution is 6.31. The minimum Gasteiger partial charge on any atom is -0.352 e. The molecule has 4 N–H and O–H groups in total.